The summed E-state index contributed by atoms with van der Waals surface area (Å²) in [5, 5.41) is 8.72. The fourth-order valence-electron chi connectivity index (χ4n) is 2.87. The molecule has 0 rings (SSSR count). The van der Waals surface area contributed by atoms with E-state index in [-0.39, 0.29) is 0 Å². The van der Waals surface area contributed by atoms with Gasteiger partial charge in [-0.15, -0.1) is 0 Å². The smallest absolute Gasteiger partial charge is 0.282 e. The van der Waals surface area contributed by atoms with Crippen LogP contribution in [0, 0.1) is 0 Å². The summed E-state index contributed by atoms with van der Waals surface area (Å²) in [6.07, 6.45) is 13.0. The molecule has 0 aromatic rings. The number of hydrogen-bond acceptors (Lipinski definition) is 4. The Bertz CT molecular complexity index is 216. The first-order valence-electron chi connectivity index (χ1n) is 9.77. The number of aliphatic hydroxyl groups is 1. The third kappa shape index (κ3) is 12.9. The van der Waals surface area contributed by atoms with Crippen molar-refractivity contribution < 1.29 is 19.3 Å². The second-order valence-electron chi connectivity index (χ2n) is 5.99. The van der Waals surface area contributed by atoms with Crippen LogP contribution in [-0.2, 0) is 14.2 Å². The summed E-state index contributed by atoms with van der Waals surface area (Å²) in [6, 6.07) is 0. The molecule has 0 aliphatic carbocycles. The SMILES string of the molecule is CCOC(CCCCCCCCCCCCO)(OCC)OCC. The number of rotatable bonds is 18. The predicted molar refractivity (Wildman–Crippen MR) is 95.5 cm³/mol. The summed E-state index contributed by atoms with van der Waals surface area (Å²) in [7, 11) is 0. The van der Waals surface area contributed by atoms with Crippen molar-refractivity contribution in [2.24, 2.45) is 0 Å². The lowest BCUT2D eigenvalue weighted by Gasteiger charge is -2.32. The van der Waals surface area contributed by atoms with Crippen molar-refractivity contribution in [3.63, 3.8) is 0 Å². The molecule has 0 saturated carbocycles. The summed E-state index contributed by atoms with van der Waals surface area (Å²) < 4.78 is 17.2. The molecule has 0 heterocycles. The lowest BCUT2D eigenvalue weighted by atomic mass is 10.1. The van der Waals surface area contributed by atoms with Crippen LogP contribution in [0.3, 0.4) is 0 Å². The van der Waals surface area contributed by atoms with Gasteiger partial charge in [-0.1, -0.05) is 51.4 Å². The first-order valence-corrected chi connectivity index (χ1v) is 9.77. The average Bonchev–Trinajstić information content (AvgIpc) is 2.53. The van der Waals surface area contributed by atoms with E-state index >= 15 is 0 Å². The summed E-state index contributed by atoms with van der Waals surface area (Å²) >= 11 is 0. The highest BCUT2D eigenvalue weighted by Gasteiger charge is 2.31. The molecular weight excluding hydrogens is 292 g/mol. The molecule has 140 valence electrons. The minimum absolute atomic E-state index is 0.340. The van der Waals surface area contributed by atoms with Crippen LogP contribution < -0.4 is 0 Å². The van der Waals surface area contributed by atoms with Gasteiger partial charge < -0.3 is 19.3 Å². The van der Waals surface area contributed by atoms with Crippen LogP contribution in [-0.4, -0.2) is 37.5 Å². The van der Waals surface area contributed by atoms with Crippen LogP contribution in [0.4, 0.5) is 0 Å². The topological polar surface area (TPSA) is 47.9 Å². The van der Waals surface area contributed by atoms with Crippen molar-refractivity contribution in [3.05, 3.63) is 0 Å². The molecule has 1 N–H and O–H groups in total. The van der Waals surface area contributed by atoms with E-state index in [0.717, 1.165) is 19.3 Å². The maximum atomic E-state index is 8.72. The van der Waals surface area contributed by atoms with E-state index in [0.29, 0.717) is 26.4 Å². The molecular formula is C19H40O4. The Balaban J connectivity index is 3.65. The third-order valence-corrected chi connectivity index (χ3v) is 3.98. The molecule has 4 nitrogen and oxygen atoms in total. The Labute approximate surface area is 143 Å². The van der Waals surface area contributed by atoms with Crippen LogP contribution in [0.15, 0.2) is 0 Å². The van der Waals surface area contributed by atoms with Crippen LogP contribution in [0.2, 0.25) is 0 Å². The van der Waals surface area contributed by atoms with E-state index in [1.54, 1.807) is 0 Å². The highest BCUT2D eigenvalue weighted by molar-refractivity contribution is 4.59. The lowest BCUT2D eigenvalue weighted by molar-refractivity contribution is -0.380. The first kappa shape index (κ1) is 22.8. The van der Waals surface area contributed by atoms with Crippen molar-refractivity contribution in [1.82, 2.24) is 0 Å². The Morgan fingerprint density at radius 1 is 0.565 bits per heavy atom. The van der Waals surface area contributed by atoms with Crippen molar-refractivity contribution in [1.29, 1.82) is 0 Å². The molecule has 0 aromatic heterocycles. The molecule has 4 heteroatoms. The van der Waals surface area contributed by atoms with Crippen LogP contribution in [0.25, 0.3) is 0 Å². The van der Waals surface area contributed by atoms with Gasteiger partial charge in [0.15, 0.2) is 0 Å². The Hall–Kier alpha value is -0.160. The normalized spacial score (nSPS) is 12.0. The zero-order valence-electron chi connectivity index (χ0n) is 15.8. The highest BCUT2D eigenvalue weighted by atomic mass is 16.9. The van der Waals surface area contributed by atoms with E-state index in [2.05, 4.69) is 0 Å². The molecule has 0 aliphatic rings. The maximum absolute atomic E-state index is 8.72. The van der Waals surface area contributed by atoms with Crippen molar-refractivity contribution in [2.75, 3.05) is 26.4 Å². The van der Waals surface area contributed by atoms with E-state index in [1.165, 1.54) is 51.4 Å². The van der Waals surface area contributed by atoms with Gasteiger partial charge in [-0.2, -0.15) is 0 Å². The van der Waals surface area contributed by atoms with E-state index in [9.17, 15) is 0 Å². The van der Waals surface area contributed by atoms with Gasteiger partial charge in [-0.25, -0.2) is 0 Å². The fraction of sp³-hybridized carbons (Fsp3) is 1.00. The number of ether oxygens (including phenoxy) is 3. The van der Waals surface area contributed by atoms with Gasteiger partial charge >= 0.3 is 0 Å². The Morgan fingerprint density at radius 2 is 0.913 bits per heavy atom. The maximum Gasteiger partial charge on any atom is 0.282 e. The van der Waals surface area contributed by atoms with Gasteiger partial charge in [-0.05, 0) is 33.6 Å². The van der Waals surface area contributed by atoms with Crippen molar-refractivity contribution in [2.45, 2.75) is 97.4 Å². The van der Waals surface area contributed by atoms with Crippen molar-refractivity contribution >= 4 is 0 Å². The molecule has 0 bridgehead atoms. The first-order chi connectivity index (χ1) is 11.2. The van der Waals surface area contributed by atoms with Crippen molar-refractivity contribution in [3.8, 4) is 0 Å². The Kier molecular flexibility index (Phi) is 16.6. The van der Waals surface area contributed by atoms with E-state index in [1.807, 2.05) is 20.8 Å². The minimum Gasteiger partial charge on any atom is -0.396 e. The molecule has 0 saturated heterocycles. The summed E-state index contributed by atoms with van der Waals surface area (Å²) in [6.45, 7) is 8.10. The monoisotopic (exact) mass is 332 g/mol. The van der Waals surface area contributed by atoms with Crippen LogP contribution in [0.1, 0.15) is 91.4 Å². The molecule has 23 heavy (non-hydrogen) atoms. The molecule has 0 amide bonds. The number of hydrogen-bond donors (Lipinski definition) is 1. The second kappa shape index (κ2) is 16.7. The molecule has 0 radical (unpaired) electrons. The molecule has 0 aliphatic heterocycles. The Morgan fingerprint density at radius 3 is 1.26 bits per heavy atom. The third-order valence-electron chi connectivity index (χ3n) is 3.98. The highest BCUT2D eigenvalue weighted by Crippen LogP contribution is 2.24. The summed E-state index contributed by atoms with van der Waals surface area (Å²) in [4.78, 5) is 0. The lowest BCUT2D eigenvalue weighted by Crippen LogP contribution is -2.39. The fourth-order valence-corrected chi connectivity index (χ4v) is 2.87. The van der Waals surface area contributed by atoms with E-state index < -0.39 is 5.97 Å². The van der Waals surface area contributed by atoms with Gasteiger partial charge in [-0.3, -0.25) is 0 Å². The molecule has 0 atom stereocenters. The molecule has 0 spiro atoms. The quantitative estimate of drug-likeness (QED) is 0.282. The summed E-state index contributed by atoms with van der Waals surface area (Å²) in [5.74, 6) is -0.828. The molecule has 0 aromatic carbocycles. The van der Waals surface area contributed by atoms with Gasteiger partial charge in [0.1, 0.15) is 0 Å². The summed E-state index contributed by atoms with van der Waals surface area (Å²) in [5.41, 5.74) is 0. The van der Waals surface area contributed by atoms with Gasteiger partial charge in [0.05, 0.1) is 0 Å². The number of unbranched alkanes of at least 4 members (excludes halogenated alkanes) is 9. The van der Waals surface area contributed by atoms with Gasteiger partial charge in [0, 0.05) is 32.8 Å². The zero-order chi connectivity index (χ0) is 17.2. The minimum atomic E-state index is -0.828. The predicted octanol–water partition coefficient (Wildman–Crippen LogP) is 5.03. The molecule has 0 unspecified atom stereocenters. The van der Waals surface area contributed by atoms with Gasteiger partial charge in [0.2, 0.25) is 0 Å². The standard InChI is InChI=1S/C19H40O4/c1-4-21-19(22-5-2,23-6-3)17-15-13-11-9-7-8-10-12-14-16-18-20/h20H,4-18H2,1-3H3. The van der Waals surface area contributed by atoms with Crippen LogP contribution >= 0.6 is 0 Å². The zero-order valence-corrected chi connectivity index (χ0v) is 15.8. The van der Waals surface area contributed by atoms with E-state index in [4.69, 9.17) is 19.3 Å². The average molecular weight is 333 g/mol. The number of aliphatic hydroxyl groups excluding tert-OH is 1. The van der Waals surface area contributed by atoms with Crippen LogP contribution in [0.5, 0.6) is 0 Å². The second-order valence-corrected chi connectivity index (χ2v) is 5.99. The largest absolute Gasteiger partial charge is 0.396 e. The van der Waals surface area contributed by atoms with Gasteiger partial charge in [0.25, 0.3) is 5.97 Å². The molecule has 0 fully saturated rings.